The van der Waals surface area contributed by atoms with Gasteiger partial charge in [0, 0.05) is 21.4 Å². The van der Waals surface area contributed by atoms with Crippen molar-refractivity contribution >= 4 is 52.4 Å². The number of hydrogen-bond donors (Lipinski definition) is 2. The number of nitrogens with one attached hydrogen (secondary N) is 2. The van der Waals surface area contributed by atoms with Crippen molar-refractivity contribution < 1.29 is 19.1 Å². The fourth-order valence-corrected chi connectivity index (χ4v) is 2.53. The number of amides is 2. The Hall–Kier alpha value is -3.08. The SMILES string of the molecule is N#CCC(=O)Nc1ccc(C(=O)OCC(=O)Nc2cc(Cl)cc(Cl)c2)cc1. The molecule has 0 saturated carbocycles. The zero-order valence-corrected chi connectivity index (χ0v) is 15.3. The number of halogens is 2. The van der Waals surface area contributed by atoms with E-state index >= 15 is 0 Å². The molecule has 0 spiro atoms. The minimum absolute atomic E-state index is 0.201. The molecule has 0 aliphatic heterocycles. The number of benzene rings is 2. The number of rotatable bonds is 6. The van der Waals surface area contributed by atoms with E-state index in [4.69, 9.17) is 33.2 Å². The molecule has 7 nitrogen and oxygen atoms in total. The van der Waals surface area contributed by atoms with Crippen LogP contribution in [0, 0.1) is 11.3 Å². The summed E-state index contributed by atoms with van der Waals surface area (Å²) in [7, 11) is 0. The Morgan fingerprint density at radius 3 is 2.11 bits per heavy atom. The molecule has 27 heavy (non-hydrogen) atoms. The predicted molar refractivity (Wildman–Crippen MR) is 101 cm³/mol. The van der Waals surface area contributed by atoms with Crippen molar-refractivity contribution in [3.8, 4) is 6.07 Å². The van der Waals surface area contributed by atoms with E-state index < -0.39 is 24.4 Å². The highest BCUT2D eigenvalue weighted by Crippen LogP contribution is 2.22. The van der Waals surface area contributed by atoms with Crippen molar-refractivity contribution in [1.29, 1.82) is 5.26 Å². The standard InChI is InChI=1S/C18H13Cl2N3O4/c19-12-7-13(20)9-15(8-12)23-17(25)10-27-18(26)11-1-3-14(4-2-11)22-16(24)5-6-21/h1-4,7-9H,5,10H2,(H,22,24)(H,23,25). The lowest BCUT2D eigenvalue weighted by Gasteiger charge is -2.08. The Labute approximate surface area is 164 Å². The molecule has 0 saturated heterocycles. The quantitative estimate of drug-likeness (QED) is 0.712. The average Bonchev–Trinajstić information content (AvgIpc) is 2.59. The van der Waals surface area contributed by atoms with Gasteiger partial charge < -0.3 is 15.4 Å². The summed E-state index contributed by atoms with van der Waals surface area (Å²) < 4.78 is 4.93. The molecule has 0 fully saturated rings. The van der Waals surface area contributed by atoms with Gasteiger partial charge in [0.25, 0.3) is 5.91 Å². The van der Waals surface area contributed by atoms with E-state index in [1.54, 1.807) is 6.07 Å². The van der Waals surface area contributed by atoms with Crippen LogP contribution in [-0.4, -0.2) is 24.4 Å². The molecular formula is C18H13Cl2N3O4. The number of nitrogens with zero attached hydrogens (tertiary/aromatic N) is 1. The molecule has 0 aliphatic rings. The molecule has 2 amide bonds. The lowest BCUT2D eigenvalue weighted by atomic mass is 10.2. The summed E-state index contributed by atoms with van der Waals surface area (Å²) in [6.07, 6.45) is -0.267. The lowest BCUT2D eigenvalue weighted by Crippen LogP contribution is -2.21. The third-order valence-corrected chi connectivity index (χ3v) is 3.56. The number of carbonyl (C=O) groups excluding carboxylic acids is 3. The van der Waals surface area contributed by atoms with Gasteiger partial charge in [-0.05, 0) is 42.5 Å². The van der Waals surface area contributed by atoms with Gasteiger partial charge in [-0.1, -0.05) is 23.2 Å². The van der Waals surface area contributed by atoms with E-state index in [0.29, 0.717) is 21.4 Å². The first-order valence-electron chi connectivity index (χ1n) is 7.57. The van der Waals surface area contributed by atoms with Crippen molar-refractivity contribution in [1.82, 2.24) is 0 Å². The molecule has 2 aromatic rings. The molecule has 0 bridgehead atoms. The van der Waals surface area contributed by atoms with Crippen LogP contribution in [0.15, 0.2) is 42.5 Å². The maximum atomic E-state index is 12.0. The van der Waals surface area contributed by atoms with Gasteiger partial charge in [-0.15, -0.1) is 0 Å². The lowest BCUT2D eigenvalue weighted by molar-refractivity contribution is -0.119. The summed E-state index contributed by atoms with van der Waals surface area (Å²) in [6.45, 7) is -0.496. The summed E-state index contributed by atoms with van der Waals surface area (Å²) in [4.78, 5) is 35.1. The Morgan fingerprint density at radius 1 is 0.926 bits per heavy atom. The van der Waals surface area contributed by atoms with Gasteiger partial charge in [-0.2, -0.15) is 5.26 Å². The summed E-state index contributed by atoms with van der Waals surface area (Å²) in [6, 6.07) is 12.1. The molecule has 0 radical (unpaired) electrons. The van der Waals surface area contributed by atoms with Crippen LogP contribution >= 0.6 is 23.2 Å². The second kappa shape index (κ2) is 9.57. The maximum absolute atomic E-state index is 12.0. The van der Waals surface area contributed by atoms with E-state index in [-0.39, 0.29) is 12.0 Å². The molecule has 0 aromatic heterocycles. The Kier molecular flexibility index (Phi) is 7.17. The average molecular weight is 406 g/mol. The first-order chi connectivity index (χ1) is 12.9. The monoisotopic (exact) mass is 405 g/mol. The van der Waals surface area contributed by atoms with Crippen molar-refractivity contribution in [2.24, 2.45) is 0 Å². The number of hydrogen-bond acceptors (Lipinski definition) is 5. The number of anilines is 2. The largest absolute Gasteiger partial charge is 0.452 e. The topological polar surface area (TPSA) is 108 Å². The van der Waals surface area contributed by atoms with Crippen molar-refractivity contribution in [2.75, 3.05) is 17.2 Å². The molecule has 0 heterocycles. The van der Waals surface area contributed by atoms with Gasteiger partial charge in [-0.25, -0.2) is 4.79 Å². The van der Waals surface area contributed by atoms with Crippen LogP contribution in [0.4, 0.5) is 11.4 Å². The molecule has 0 atom stereocenters. The molecule has 0 unspecified atom stereocenters. The van der Waals surface area contributed by atoms with Gasteiger partial charge in [0.15, 0.2) is 6.61 Å². The smallest absolute Gasteiger partial charge is 0.338 e. The van der Waals surface area contributed by atoms with Crippen molar-refractivity contribution in [2.45, 2.75) is 6.42 Å². The van der Waals surface area contributed by atoms with Gasteiger partial charge in [0.2, 0.25) is 5.91 Å². The summed E-state index contributed by atoms with van der Waals surface area (Å²) in [5, 5.41) is 14.2. The number of carbonyl (C=O) groups is 3. The third-order valence-electron chi connectivity index (χ3n) is 3.12. The maximum Gasteiger partial charge on any atom is 0.338 e. The Balaban J connectivity index is 1.86. The molecule has 2 rings (SSSR count). The van der Waals surface area contributed by atoms with E-state index in [2.05, 4.69) is 10.6 Å². The van der Waals surface area contributed by atoms with Crippen molar-refractivity contribution in [3.05, 3.63) is 58.1 Å². The van der Waals surface area contributed by atoms with Crippen LogP contribution in [0.3, 0.4) is 0 Å². The molecule has 2 N–H and O–H groups in total. The van der Waals surface area contributed by atoms with E-state index in [9.17, 15) is 14.4 Å². The van der Waals surface area contributed by atoms with Crippen LogP contribution in [0.2, 0.25) is 10.0 Å². The highest BCUT2D eigenvalue weighted by molar-refractivity contribution is 6.35. The normalized spacial score (nSPS) is 9.81. The van der Waals surface area contributed by atoms with Gasteiger partial charge in [-0.3, -0.25) is 9.59 Å². The minimum Gasteiger partial charge on any atom is -0.452 e. The van der Waals surface area contributed by atoms with Crippen LogP contribution in [0.25, 0.3) is 0 Å². The van der Waals surface area contributed by atoms with E-state index in [0.717, 1.165) is 0 Å². The Morgan fingerprint density at radius 2 is 1.52 bits per heavy atom. The summed E-state index contributed by atoms with van der Waals surface area (Å²) >= 11 is 11.7. The first-order valence-corrected chi connectivity index (χ1v) is 8.33. The Bertz CT molecular complexity index is 888. The minimum atomic E-state index is -0.704. The number of esters is 1. The van der Waals surface area contributed by atoms with Gasteiger partial charge in [0.05, 0.1) is 11.6 Å². The molecular weight excluding hydrogens is 393 g/mol. The zero-order chi connectivity index (χ0) is 19.8. The van der Waals surface area contributed by atoms with Crippen LogP contribution in [0.5, 0.6) is 0 Å². The second-order valence-corrected chi connectivity index (χ2v) is 6.12. The fraction of sp³-hybridized carbons (Fsp3) is 0.111. The first kappa shape index (κ1) is 20.2. The van der Waals surface area contributed by atoms with E-state index in [1.165, 1.54) is 42.5 Å². The van der Waals surface area contributed by atoms with Gasteiger partial charge >= 0.3 is 5.97 Å². The zero-order valence-electron chi connectivity index (χ0n) is 13.8. The summed E-state index contributed by atoms with van der Waals surface area (Å²) in [5.41, 5.74) is 1.01. The molecule has 9 heteroatoms. The predicted octanol–water partition coefficient (Wildman–Crippen LogP) is 3.64. The summed E-state index contributed by atoms with van der Waals surface area (Å²) in [5.74, 6) is -1.71. The molecule has 0 aliphatic carbocycles. The number of ether oxygens (including phenoxy) is 1. The van der Waals surface area contributed by atoms with Crippen molar-refractivity contribution in [3.63, 3.8) is 0 Å². The highest BCUT2D eigenvalue weighted by atomic mass is 35.5. The molecule has 138 valence electrons. The fourth-order valence-electron chi connectivity index (χ4n) is 2.00. The molecule has 2 aromatic carbocycles. The second-order valence-electron chi connectivity index (χ2n) is 5.24. The van der Waals surface area contributed by atoms with E-state index in [1.807, 2.05) is 0 Å². The van der Waals surface area contributed by atoms with Gasteiger partial charge in [0.1, 0.15) is 6.42 Å². The van der Waals surface area contributed by atoms with Crippen LogP contribution in [0.1, 0.15) is 16.8 Å². The van der Waals surface area contributed by atoms with Crippen LogP contribution in [-0.2, 0) is 14.3 Å². The third kappa shape index (κ3) is 6.62. The number of nitriles is 1. The highest BCUT2D eigenvalue weighted by Gasteiger charge is 2.11. The van der Waals surface area contributed by atoms with Crippen LogP contribution < -0.4 is 10.6 Å².